The molecule has 2 fully saturated rings. The van der Waals surface area contributed by atoms with Crippen LogP contribution in [0.3, 0.4) is 0 Å². The second-order valence-corrected chi connectivity index (χ2v) is 7.77. The van der Waals surface area contributed by atoms with Crippen LogP contribution >= 0.6 is 11.3 Å². The predicted molar refractivity (Wildman–Crippen MR) is 109 cm³/mol. The molecule has 11 heteroatoms. The van der Waals surface area contributed by atoms with Crippen LogP contribution in [0.15, 0.2) is 29.8 Å². The molecule has 2 saturated heterocycles. The Morgan fingerprint density at radius 3 is 2.79 bits per heavy atom. The molecule has 5 rings (SSSR count). The number of hydrogen-bond acceptors (Lipinski definition) is 10. The third-order valence-corrected chi connectivity index (χ3v) is 5.91. The Balaban J connectivity index is 1.24. The topological polar surface area (TPSA) is 119 Å². The van der Waals surface area contributed by atoms with Crippen molar-refractivity contribution in [2.45, 2.75) is 18.5 Å². The second-order valence-electron chi connectivity index (χ2n) is 6.94. The first-order valence-electron chi connectivity index (χ1n) is 9.13. The number of aromatic nitrogens is 3. The number of carbonyl (C=O) groups excluding carboxylic acids is 1. The van der Waals surface area contributed by atoms with Gasteiger partial charge in [0.05, 0.1) is 25.2 Å². The first kappa shape index (κ1) is 17.9. The Kier molecular flexibility index (Phi) is 4.32. The number of carbonyl (C=O) groups is 1. The maximum Gasteiger partial charge on any atom is 0.430 e. The Morgan fingerprint density at radius 2 is 2.07 bits per heavy atom. The Labute approximate surface area is 170 Å². The molecule has 150 valence electrons. The van der Waals surface area contributed by atoms with Crippen LogP contribution in [0.1, 0.15) is 6.42 Å². The van der Waals surface area contributed by atoms with Crippen LogP contribution in [0.4, 0.5) is 22.2 Å². The summed E-state index contributed by atoms with van der Waals surface area (Å²) in [6, 6.07) is 7.34. The molecule has 1 aromatic carbocycles. The number of thiazole rings is 1. The number of benzene rings is 1. The average Bonchev–Trinajstić information content (AvgIpc) is 3.43. The van der Waals surface area contributed by atoms with E-state index in [1.807, 2.05) is 0 Å². The van der Waals surface area contributed by atoms with Crippen molar-refractivity contribution in [2.75, 3.05) is 36.1 Å². The minimum Gasteiger partial charge on any atom is -0.497 e. The summed E-state index contributed by atoms with van der Waals surface area (Å²) in [5.41, 5.74) is 9.02. The van der Waals surface area contributed by atoms with Gasteiger partial charge in [0.2, 0.25) is 5.95 Å². The number of ether oxygens (including phenoxy) is 1. The molecule has 4 heterocycles. The van der Waals surface area contributed by atoms with E-state index in [2.05, 4.69) is 25.2 Å². The molecule has 10 nitrogen and oxygen atoms in total. The van der Waals surface area contributed by atoms with E-state index >= 15 is 0 Å². The van der Waals surface area contributed by atoms with Gasteiger partial charge < -0.3 is 20.2 Å². The first-order chi connectivity index (χ1) is 14.1. The maximum absolute atomic E-state index is 12.3. The number of hydrogen-bond donors (Lipinski definition) is 2. The smallest absolute Gasteiger partial charge is 0.430 e. The van der Waals surface area contributed by atoms with Crippen LogP contribution < -0.4 is 20.7 Å². The SMILES string of the molecule is COc1ccc(NC(=O)ON2CC3CC2CN3c2nc(N)nc3scnc23)cc1. The Hall–Kier alpha value is -3.18. The van der Waals surface area contributed by atoms with Crippen molar-refractivity contribution in [3.8, 4) is 5.75 Å². The Bertz CT molecular complexity index is 1060. The zero-order chi connectivity index (χ0) is 20.0. The minimum atomic E-state index is -0.512. The van der Waals surface area contributed by atoms with Crippen LogP contribution in [0.25, 0.3) is 10.3 Å². The monoisotopic (exact) mass is 413 g/mol. The highest BCUT2D eigenvalue weighted by molar-refractivity contribution is 7.16. The van der Waals surface area contributed by atoms with Crippen LogP contribution in [0.5, 0.6) is 5.75 Å². The van der Waals surface area contributed by atoms with Crippen molar-refractivity contribution in [3.05, 3.63) is 29.8 Å². The molecule has 2 aliphatic heterocycles. The molecule has 1 amide bonds. The summed E-state index contributed by atoms with van der Waals surface area (Å²) >= 11 is 1.44. The molecular weight excluding hydrogens is 394 g/mol. The number of nitrogens with two attached hydrogens (primary N) is 1. The van der Waals surface area contributed by atoms with Crippen LogP contribution in [0.2, 0.25) is 0 Å². The average molecular weight is 413 g/mol. The van der Waals surface area contributed by atoms with E-state index in [4.69, 9.17) is 15.3 Å². The summed E-state index contributed by atoms with van der Waals surface area (Å²) in [5.74, 6) is 1.72. The molecule has 0 saturated carbocycles. The summed E-state index contributed by atoms with van der Waals surface area (Å²) in [6.07, 6.45) is 0.369. The number of nitrogen functional groups attached to an aromatic ring is 1. The lowest BCUT2D eigenvalue weighted by Gasteiger charge is -2.33. The molecule has 2 unspecified atom stereocenters. The lowest BCUT2D eigenvalue weighted by molar-refractivity contribution is -0.108. The van der Waals surface area contributed by atoms with E-state index in [9.17, 15) is 4.79 Å². The van der Waals surface area contributed by atoms with Crippen molar-refractivity contribution in [1.82, 2.24) is 20.0 Å². The van der Waals surface area contributed by atoms with Gasteiger partial charge in [0, 0.05) is 18.3 Å². The molecule has 0 radical (unpaired) electrons. The molecule has 3 N–H and O–H groups in total. The quantitative estimate of drug-likeness (QED) is 0.663. The summed E-state index contributed by atoms with van der Waals surface area (Å²) in [7, 11) is 1.59. The number of nitrogens with zero attached hydrogens (tertiary/aromatic N) is 5. The van der Waals surface area contributed by atoms with E-state index in [1.54, 1.807) is 41.9 Å². The highest BCUT2D eigenvalue weighted by Gasteiger charge is 2.46. The van der Waals surface area contributed by atoms with Crippen molar-refractivity contribution < 1.29 is 14.4 Å². The number of piperazine rings is 1. The third-order valence-electron chi connectivity index (χ3n) is 5.20. The van der Waals surface area contributed by atoms with E-state index in [1.165, 1.54) is 11.3 Å². The molecule has 2 atom stereocenters. The number of anilines is 3. The number of nitrogens with one attached hydrogen (secondary N) is 1. The van der Waals surface area contributed by atoms with Gasteiger partial charge in [0.1, 0.15) is 11.3 Å². The molecule has 2 bridgehead atoms. The van der Waals surface area contributed by atoms with Gasteiger partial charge in [0.15, 0.2) is 10.6 Å². The van der Waals surface area contributed by atoms with Gasteiger partial charge in [-0.05, 0) is 30.7 Å². The molecule has 2 aromatic heterocycles. The van der Waals surface area contributed by atoms with E-state index in [-0.39, 0.29) is 18.0 Å². The maximum atomic E-state index is 12.3. The van der Waals surface area contributed by atoms with Crippen molar-refractivity contribution >= 4 is 45.2 Å². The normalized spacial score (nSPS) is 20.9. The molecule has 2 aliphatic rings. The van der Waals surface area contributed by atoms with Crippen molar-refractivity contribution in [1.29, 1.82) is 0 Å². The number of rotatable bonds is 4. The first-order valence-corrected chi connectivity index (χ1v) is 10.0. The summed E-state index contributed by atoms with van der Waals surface area (Å²) in [5, 5.41) is 4.47. The van der Waals surface area contributed by atoms with Crippen LogP contribution in [-0.4, -0.2) is 58.4 Å². The highest BCUT2D eigenvalue weighted by atomic mass is 32.1. The highest BCUT2D eigenvalue weighted by Crippen LogP contribution is 2.37. The fourth-order valence-electron chi connectivity index (χ4n) is 3.89. The lowest BCUT2D eigenvalue weighted by Crippen LogP contribution is -2.47. The predicted octanol–water partition coefficient (Wildman–Crippen LogP) is 2.10. The third kappa shape index (κ3) is 3.28. The molecule has 0 aliphatic carbocycles. The number of methoxy groups -OCH3 is 1. The molecule has 3 aromatic rings. The summed E-state index contributed by atoms with van der Waals surface area (Å²) in [6.45, 7) is 1.28. The number of hydroxylamine groups is 2. The van der Waals surface area contributed by atoms with E-state index in [0.29, 0.717) is 18.8 Å². The molecular formula is C18H19N7O3S. The van der Waals surface area contributed by atoms with E-state index in [0.717, 1.165) is 28.3 Å². The van der Waals surface area contributed by atoms with Gasteiger partial charge in [-0.2, -0.15) is 4.98 Å². The second kappa shape index (κ2) is 7.01. The van der Waals surface area contributed by atoms with Gasteiger partial charge >= 0.3 is 6.09 Å². The zero-order valence-electron chi connectivity index (χ0n) is 15.6. The van der Waals surface area contributed by atoms with Crippen LogP contribution in [-0.2, 0) is 4.84 Å². The number of amides is 1. The van der Waals surface area contributed by atoms with Crippen molar-refractivity contribution in [2.24, 2.45) is 0 Å². The minimum absolute atomic E-state index is 0.0893. The van der Waals surface area contributed by atoms with Gasteiger partial charge in [0.25, 0.3) is 0 Å². The van der Waals surface area contributed by atoms with Gasteiger partial charge in [-0.1, -0.05) is 0 Å². The molecule has 29 heavy (non-hydrogen) atoms. The standard InChI is InChI=1S/C18H19N7O3S/c1-27-13-4-2-10(3-5-13)21-18(26)28-25-8-11-6-12(25)7-24(11)15-14-16(29-9-20-14)23-17(19)22-15/h2-5,9,11-12H,6-8H2,1H3,(H,21,26)(H2,19,22,23). The summed E-state index contributed by atoms with van der Waals surface area (Å²) in [4.78, 5) is 33.8. The van der Waals surface area contributed by atoms with Crippen molar-refractivity contribution in [3.63, 3.8) is 0 Å². The lowest BCUT2D eigenvalue weighted by atomic mass is 10.2. The Morgan fingerprint density at radius 1 is 1.24 bits per heavy atom. The van der Waals surface area contributed by atoms with Crippen LogP contribution in [0, 0.1) is 0 Å². The number of fused-ring (bicyclic) bond motifs is 3. The van der Waals surface area contributed by atoms with E-state index < -0.39 is 6.09 Å². The zero-order valence-corrected chi connectivity index (χ0v) is 16.4. The largest absolute Gasteiger partial charge is 0.497 e. The van der Waals surface area contributed by atoms with Gasteiger partial charge in [-0.15, -0.1) is 16.4 Å². The fourth-order valence-corrected chi connectivity index (χ4v) is 4.55. The summed E-state index contributed by atoms with van der Waals surface area (Å²) < 4.78 is 5.11. The molecule has 0 spiro atoms. The fraction of sp³-hybridized carbons (Fsp3) is 0.333. The van der Waals surface area contributed by atoms with Gasteiger partial charge in [-0.3, -0.25) is 5.32 Å². The van der Waals surface area contributed by atoms with Gasteiger partial charge in [-0.25, -0.2) is 14.8 Å².